The number of benzene rings is 1. The number of carbonyl (C=O) groups excluding carboxylic acids is 1. The van der Waals surface area contributed by atoms with Crippen LogP contribution in [0.4, 0.5) is 4.79 Å². The Morgan fingerprint density at radius 2 is 1.71 bits per heavy atom. The number of ether oxygens (including phenoxy) is 1. The maximum atomic E-state index is 10.2. The van der Waals surface area contributed by atoms with Gasteiger partial charge < -0.3 is 10.5 Å². The minimum atomic E-state index is -0.677. The van der Waals surface area contributed by atoms with Gasteiger partial charge in [-0.3, -0.25) is 4.90 Å². The molecule has 4 heteroatoms. The number of primary amides is 1. The van der Waals surface area contributed by atoms with Gasteiger partial charge in [-0.1, -0.05) is 24.3 Å². The van der Waals surface area contributed by atoms with Crippen molar-refractivity contribution in [2.45, 2.75) is 12.8 Å². The zero-order valence-corrected chi connectivity index (χ0v) is 9.89. The van der Waals surface area contributed by atoms with Gasteiger partial charge in [0.25, 0.3) is 0 Å². The van der Waals surface area contributed by atoms with Crippen LogP contribution < -0.4 is 5.73 Å². The fourth-order valence-corrected chi connectivity index (χ4v) is 1.94. The van der Waals surface area contributed by atoms with E-state index in [2.05, 4.69) is 33.9 Å². The van der Waals surface area contributed by atoms with Gasteiger partial charge in [0.2, 0.25) is 0 Å². The highest BCUT2D eigenvalue weighted by molar-refractivity contribution is 5.75. The van der Waals surface area contributed by atoms with Gasteiger partial charge in [0.1, 0.15) is 6.61 Å². The largest absolute Gasteiger partial charge is 0.448 e. The Balaban J connectivity index is 0.000000148. The molecule has 0 aromatic rings. The maximum absolute atomic E-state index is 10.2. The Morgan fingerprint density at radius 1 is 1.18 bits per heavy atom. The summed E-state index contributed by atoms with van der Waals surface area (Å²) in [7, 11) is 0. The monoisotopic (exact) mass is 234 g/mol. The minimum Gasteiger partial charge on any atom is -0.448 e. The minimum absolute atomic E-state index is 0.426. The van der Waals surface area contributed by atoms with Crippen LogP contribution in [-0.2, 0) is 4.74 Å². The molecule has 4 nitrogen and oxygen atoms in total. The lowest BCUT2D eigenvalue weighted by molar-refractivity contribution is 0.142. The van der Waals surface area contributed by atoms with Crippen molar-refractivity contribution in [3.8, 4) is 11.1 Å². The third-order valence-corrected chi connectivity index (χ3v) is 3.07. The highest BCUT2D eigenvalue weighted by Crippen LogP contribution is 2.29. The Morgan fingerprint density at radius 3 is 2.06 bits per heavy atom. The van der Waals surface area contributed by atoms with E-state index in [1.54, 1.807) is 0 Å². The third-order valence-electron chi connectivity index (χ3n) is 3.07. The number of carbonyl (C=O) groups is 1. The van der Waals surface area contributed by atoms with Crippen molar-refractivity contribution in [2.24, 2.45) is 5.73 Å². The van der Waals surface area contributed by atoms with Crippen LogP contribution in [0.3, 0.4) is 0 Å². The van der Waals surface area contributed by atoms with Gasteiger partial charge in [0, 0.05) is 6.54 Å². The molecule has 17 heavy (non-hydrogen) atoms. The molecule has 0 spiro atoms. The van der Waals surface area contributed by atoms with Gasteiger partial charge in [-0.15, -0.1) is 0 Å². The SMILES string of the molecule is NC(=O)OCCN1CCCC1.c1cc2ccc1-2. The predicted octanol–water partition coefficient (Wildman–Crippen LogP) is 1.84. The predicted molar refractivity (Wildman–Crippen MR) is 66.6 cm³/mol. The van der Waals surface area contributed by atoms with Crippen LogP contribution in [0.15, 0.2) is 24.3 Å². The lowest BCUT2D eigenvalue weighted by Gasteiger charge is -2.12. The van der Waals surface area contributed by atoms with Crippen molar-refractivity contribution in [1.29, 1.82) is 0 Å². The first kappa shape index (κ1) is 11.9. The fraction of sp³-hybridized carbons (Fsp3) is 0.462. The zero-order valence-electron chi connectivity index (χ0n) is 9.89. The Kier molecular flexibility index (Phi) is 3.98. The third kappa shape index (κ3) is 3.46. The van der Waals surface area contributed by atoms with E-state index < -0.39 is 6.09 Å². The second-order valence-corrected chi connectivity index (χ2v) is 4.29. The van der Waals surface area contributed by atoms with Crippen LogP contribution in [0.5, 0.6) is 0 Å². The summed E-state index contributed by atoms with van der Waals surface area (Å²) in [6, 6.07) is 8.48. The van der Waals surface area contributed by atoms with E-state index in [4.69, 9.17) is 5.73 Å². The van der Waals surface area contributed by atoms with E-state index in [1.165, 1.54) is 24.0 Å². The molecule has 92 valence electrons. The summed E-state index contributed by atoms with van der Waals surface area (Å²) in [6.07, 6.45) is 1.84. The van der Waals surface area contributed by atoms with Crippen molar-refractivity contribution in [3.05, 3.63) is 24.3 Å². The molecule has 0 aromatic heterocycles. The van der Waals surface area contributed by atoms with Gasteiger partial charge in [-0.05, 0) is 37.1 Å². The molecule has 1 aliphatic heterocycles. The summed E-state index contributed by atoms with van der Waals surface area (Å²) in [5.74, 6) is 0. The second kappa shape index (κ2) is 5.68. The number of nitrogens with zero attached hydrogens (tertiary/aromatic N) is 1. The molecule has 0 bridgehead atoms. The van der Waals surface area contributed by atoms with E-state index in [0.29, 0.717) is 6.61 Å². The molecule has 0 aromatic carbocycles. The molecule has 0 radical (unpaired) electrons. The number of hydrogen-bond donors (Lipinski definition) is 1. The average molecular weight is 234 g/mol. The molecule has 0 saturated carbocycles. The summed E-state index contributed by atoms with van der Waals surface area (Å²) in [5.41, 5.74) is 7.65. The number of amides is 1. The summed E-state index contributed by atoms with van der Waals surface area (Å²) in [5, 5.41) is 0. The second-order valence-electron chi connectivity index (χ2n) is 4.29. The molecule has 0 unspecified atom stereocenters. The highest BCUT2D eigenvalue weighted by Gasteiger charge is 2.10. The molecule has 0 atom stereocenters. The van der Waals surface area contributed by atoms with E-state index >= 15 is 0 Å². The first-order valence-electron chi connectivity index (χ1n) is 6.01. The fourth-order valence-electron chi connectivity index (χ4n) is 1.94. The van der Waals surface area contributed by atoms with Gasteiger partial charge in [-0.2, -0.15) is 0 Å². The van der Waals surface area contributed by atoms with Gasteiger partial charge >= 0.3 is 6.09 Å². The van der Waals surface area contributed by atoms with Crippen LogP contribution in [0.2, 0.25) is 0 Å². The molecular weight excluding hydrogens is 216 g/mol. The summed E-state index contributed by atoms with van der Waals surface area (Å²) in [4.78, 5) is 12.4. The summed E-state index contributed by atoms with van der Waals surface area (Å²) < 4.78 is 4.60. The number of rotatable bonds is 3. The topological polar surface area (TPSA) is 55.6 Å². The molecule has 3 aliphatic rings. The molecule has 1 saturated heterocycles. The summed E-state index contributed by atoms with van der Waals surface area (Å²) in [6.45, 7) is 3.50. The van der Waals surface area contributed by atoms with Crippen LogP contribution in [-0.4, -0.2) is 37.2 Å². The van der Waals surface area contributed by atoms with Gasteiger partial charge in [0.05, 0.1) is 0 Å². The van der Waals surface area contributed by atoms with Gasteiger partial charge in [-0.25, -0.2) is 4.79 Å². The number of hydrogen-bond acceptors (Lipinski definition) is 3. The number of likely N-dealkylation sites (tertiary alicyclic amines) is 1. The lowest BCUT2D eigenvalue weighted by Crippen LogP contribution is -2.26. The quantitative estimate of drug-likeness (QED) is 0.881. The standard InChI is InChI=1S/C7H14N2O2.C6H4/c8-7(10)11-6-5-9-3-1-2-4-9;1-2-6-4-3-5(1)6/h1-6H2,(H2,8,10);1-4H. The molecule has 2 N–H and O–H groups in total. The normalized spacial score (nSPS) is 16.0. The van der Waals surface area contributed by atoms with Crippen molar-refractivity contribution >= 4 is 6.09 Å². The molecular formula is C13H18N2O2. The van der Waals surface area contributed by atoms with Gasteiger partial charge in [0.15, 0.2) is 0 Å². The van der Waals surface area contributed by atoms with Crippen LogP contribution in [0.1, 0.15) is 12.8 Å². The number of nitrogens with two attached hydrogens (primary N) is 1. The first-order chi connectivity index (χ1) is 8.25. The van der Waals surface area contributed by atoms with Crippen LogP contribution in [0, 0.1) is 0 Å². The average Bonchev–Trinajstić information content (AvgIpc) is 2.77. The first-order valence-corrected chi connectivity index (χ1v) is 6.01. The zero-order chi connectivity index (χ0) is 12.1. The molecule has 2 aliphatic carbocycles. The lowest BCUT2D eigenvalue weighted by atomic mass is 9.95. The molecule has 1 fully saturated rings. The molecule has 1 amide bonds. The Hall–Kier alpha value is -1.55. The maximum Gasteiger partial charge on any atom is 0.404 e. The van der Waals surface area contributed by atoms with E-state index in [0.717, 1.165) is 19.6 Å². The van der Waals surface area contributed by atoms with Crippen LogP contribution in [0.25, 0.3) is 11.1 Å². The van der Waals surface area contributed by atoms with Crippen LogP contribution >= 0.6 is 0 Å². The van der Waals surface area contributed by atoms with Crippen molar-refractivity contribution < 1.29 is 9.53 Å². The molecule has 3 rings (SSSR count). The van der Waals surface area contributed by atoms with Crippen molar-refractivity contribution in [1.82, 2.24) is 4.90 Å². The van der Waals surface area contributed by atoms with E-state index in [-0.39, 0.29) is 0 Å². The molecule has 1 heterocycles. The Labute approximate surface area is 101 Å². The van der Waals surface area contributed by atoms with Crippen molar-refractivity contribution in [2.75, 3.05) is 26.2 Å². The number of fused-ring (bicyclic) bond motifs is 1. The highest BCUT2D eigenvalue weighted by atomic mass is 16.5. The van der Waals surface area contributed by atoms with E-state index in [1.807, 2.05) is 0 Å². The summed E-state index contributed by atoms with van der Waals surface area (Å²) >= 11 is 0. The van der Waals surface area contributed by atoms with Crippen molar-refractivity contribution in [3.63, 3.8) is 0 Å². The smallest absolute Gasteiger partial charge is 0.404 e. The van der Waals surface area contributed by atoms with E-state index in [9.17, 15) is 4.79 Å². The Bertz CT molecular complexity index is 349.